The lowest BCUT2D eigenvalue weighted by Crippen LogP contribution is -2.42. The monoisotopic (exact) mass is 379 g/mol. The van der Waals surface area contributed by atoms with Crippen LogP contribution in [0.25, 0.3) is 0 Å². The second-order valence-corrected chi connectivity index (χ2v) is 9.54. The summed E-state index contributed by atoms with van der Waals surface area (Å²) in [6.07, 6.45) is -0.757. The van der Waals surface area contributed by atoms with Crippen molar-refractivity contribution in [1.29, 1.82) is 0 Å². The molecule has 3 aromatic carbocycles. The van der Waals surface area contributed by atoms with Crippen LogP contribution in [0, 0.1) is 5.92 Å². The van der Waals surface area contributed by atoms with Crippen molar-refractivity contribution in [2.24, 2.45) is 5.92 Å². The van der Waals surface area contributed by atoms with Gasteiger partial charge in [0.2, 0.25) is 7.29 Å². The van der Waals surface area contributed by atoms with Gasteiger partial charge in [-0.15, -0.1) is 0 Å². The van der Waals surface area contributed by atoms with Crippen LogP contribution in [0.1, 0.15) is 25.5 Å². The molecule has 0 bridgehead atoms. The van der Waals surface area contributed by atoms with Gasteiger partial charge in [0.25, 0.3) is 0 Å². The first kappa shape index (κ1) is 19.6. The normalized spacial score (nSPS) is 14.1. The van der Waals surface area contributed by atoms with Gasteiger partial charge in [0.15, 0.2) is 0 Å². The standard InChI is InChI=1S/C23H26NO2P/c1-18(2)22(23(25)19-12-6-3-7-13-19)24-27(26,20-14-8-4-9-15-20)21-16-10-5-11-17-21/h3-18,22-23,25H,1-2H3,(H,24,26)/t22-,23?/m0/s1. The van der Waals surface area contributed by atoms with E-state index in [0.717, 1.165) is 16.2 Å². The van der Waals surface area contributed by atoms with E-state index >= 15 is 0 Å². The molecule has 0 aliphatic carbocycles. The number of aliphatic hydroxyl groups excluding tert-OH is 1. The average Bonchev–Trinajstić information content (AvgIpc) is 2.73. The maximum Gasteiger partial charge on any atom is 0.204 e. The first-order valence-corrected chi connectivity index (χ1v) is 10.9. The molecule has 0 spiro atoms. The lowest BCUT2D eigenvalue weighted by molar-refractivity contribution is 0.117. The Bertz CT molecular complexity index is 839. The van der Waals surface area contributed by atoms with Crippen molar-refractivity contribution < 1.29 is 9.67 Å². The molecule has 0 aliphatic heterocycles. The molecule has 0 saturated heterocycles. The van der Waals surface area contributed by atoms with E-state index in [4.69, 9.17) is 0 Å². The Morgan fingerprint density at radius 3 is 1.56 bits per heavy atom. The summed E-state index contributed by atoms with van der Waals surface area (Å²) in [5.74, 6) is 0.0842. The fourth-order valence-electron chi connectivity index (χ4n) is 3.23. The summed E-state index contributed by atoms with van der Waals surface area (Å²) in [7, 11) is -3.12. The highest BCUT2D eigenvalue weighted by Gasteiger charge is 2.34. The molecule has 3 nitrogen and oxygen atoms in total. The Hall–Kier alpha value is -2.19. The molecule has 0 heterocycles. The van der Waals surface area contributed by atoms with Crippen LogP contribution in [0.15, 0.2) is 91.0 Å². The van der Waals surface area contributed by atoms with Crippen LogP contribution in [-0.4, -0.2) is 11.1 Å². The van der Waals surface area contributed by atoms with E-state index in [1.807, 2.05) is 105 Å². The first-order valence-electron chi connectivity index (χ1n) is 9.24. The van der Waals surface area contributed by atoms with Crippen molar-refractivity contribution in [2.75, 3.05) is 0 Å². The summed E-state index contributed by atoms with van der Waals surface area (Å²) in [4.78, 5) is 0. The number of nitrogens with one attached hydrogen (secondary N) is 1. The van der Waals surface area contributed by atoms with Gasteiger partial charge in [-0.3, -0.25) is 9.65 Å². The van der Waals surface area contributed by atoms with Crippen LogP contribution in [0.4, 0.5) is 0 Å². The van der Waals surface area contributed by atoms with Crippen molar-refractivity contribution in [2.45, 2.75) is 26.0 Å². The van der Waals surface area contributed by atoms with E-state index < -0.39 is 13.4 Å². The summed E-state index contributed by atoms with van der Waals surface area (Å²) in [6.45, 7) is 4.06. The summed E-state index contributed by atoms with van der Waals surface area (Å²) >= 11 is 0. The molecule has 27 heavy (non-hydrogen) atoms. The molecular weight excluding hydrogens is 353 g/mol. The average molecular weight is 379 g/mol. The smallest absolute Gasteiger partial charge is 0.204 e. The quantitative estimate of drug-likeness (QED) is 0.603. The largest absolute Gasteiger partial charge is 0.387 e. The number of hydrogen-bond acceptors (Lipinski definition) is 2. The Kier molecular flexibility index (Phi) is 6.28. The molecule has 0 fully saturated rings. The van der Waals surface area contributed by atoms with Gasteiger partial charge < -0.3 is 5.11 Å². The zero-order chi connectivity index (χ0) is 19.3. The summed E-state index contributed by atoms with van der Waals surface area (Å²) in [5.41, 5.74) is 0.816. The third kappa shape index (κ3) is 4.39. The summed E-state index contributed by atoms with van der Waals surface area (Å²) in [6, 6.07) is 28.1. The predicted molar refractivity (Wildman–Crippen MR) is 113 cm³/mol. The highest BCUT2D eigenvalue weighted by molar-refractivity contribution is 7.76. The van der Waals surface area contributed by atoms with E-state index in [2.05, 4.69) is 5.09 Å². The number of aliphatic hydroxyl groups is 1. The zero-order valence-electron chi connectivity index (χ0n) is 15.7. The molecule has 0 amide bonds. The molecular formula is C23H26NO2P. The second-order valence-electron chi connectivity index (χ2n) is 7.03. The Morgan fingerprint density at radius 2 is 1.15 bits per heavy atom. The van der Waals surface area contributed by atoms with Gasteiger partial charge in [-0.2, -0.15) is 0 Å². The molecule has 2 atom stereocenters. The van der Waals surface area contributed by atoms with Gasteiger partial charge in [-0.05, 0) is 35.7 Å². The Balaban J connectivity index is 2.03. The number of hydrogen-bond donors (Lipinski definition) is 2. The van der Waals surface area contributed by atoms with Crippen molar-refractivity contribution in [3.05, 3.63) is 96.6 Å². The van der Waals surface area contributed by atoms with E-state index in [1.54, 1.807) is 0 Å². The minimum absolute atomic E-state index is 0.0842. The van der Waals surface area contributed by atoms with Crippen LogP contribution in [0.2, 0.25) is 0 Å². The van der Waals surface area contributed by atoms with Gasteiger partial charge in [0, 0.05) is 16.7 Å². The van der Waals surface area contributed by atoms with Gasteiger partial charge in [0.05, 0.1) is 6.10 Å². The lowest BCUT2D eigenvalue weighted by Gasteiger charge is -2.32. The summed E-state index contributed by atoms with van der Waals surface area (Å²) < 4.78 is 14.2. The third-order valence-electron chi connectivity index (χ3n) is 4.77. The van der Waals surface area contributed by atoms with Crippen LogP contribution in [-0.2, 0) is 4.57 Å². The maximum atomic E-state index is 14.2. The lowest BCUT2D eigenvalue weighted by atomic mass is 9.94. The molecule has 0 aromatic heterocycles. The van der Waals surface area contributed by atoms with Crippen LogP contribution >= 0.6 is 7.29 Å². The molecule has 3 rings (SSSR count). The van der Waals surface area contributed by atoms with E-state index in [-0.39, 0.29) is 12.0 Å². The molecule has 2 N–H and O–H groups in total. The van der Waals surface area contributed by atoms with E-state index in [1.165, 1.54) is 0 Å². The molecule has 0 aliphatic rings. The van der Waals surface area contributed by atoms with Crippen molar-refractivity contribution in [3.63, 3.8) is 0 Å². The van der Waals surface area contributed by atoms with Gasteiger partial charge in [-0.1, -0.05) is 80.6 Å². The topological polar surface area (TPSA) is 49.3 Å². The maximum absolute atomic E-state index is 14.2. The van der Waals surface area contributed by atoms with Crippen molar-refractivity contribution in [3.8, 4) is 0 Å². The van der Waals surface area contributed by atoms with E-state index in [9.17, 15) is 9.67 Å². The SMILES string of the molecule is CC(C)[C@H](NP(=O)(c1ccccc1)c1ccccc1)C(O)c1ccccc1. The van der Waals surface area contributed by atoms with Gasteiger partial charge in [0.1, 0.15) is 0 Å². The zero-order valence-corrected chi connectivity index (χ0v) is 16.6. The second kappa shape index (κ2) is 8.67. The van der Waals surface area contributed by atoms with Crippen molar-refractivity contribution in [1.82, 2.24) is 5.09 Å². The summed E-state index contributed by atoms with van der Waals surface area (Å²) in [5, 5.41) is 15.9. The van der Waals surface area contributed by atoms with Crippen LogP contribution in [0.3, 0.4) is 0 Å². The van der Waals surface area contributed by atoms with Crippen LogP contribution < -0.4 is 15.7 Å². The molecule has 0 saturated carbocycles. The van der Waals surface area contributed by atoms with E-state index in [0.29, 0.717) is 0 Å². The molecule has 4 heteroatoms. The predicted octanol–water partition coefficient (Wildman–Crippen LogP) is 4.26. The molecule has 1 unspecified atom stereocenters. The fourth-order valence-corrected chi connectivity index (χ4v) is 5.87. The number of benzene rings is 3. The molecule has 0 radical (unpaired) electrons. The molecule has 140 valence electrons. The minimum atomic E-state index is -3.12. The highest BCUT2D eigenvalue weighted by Crippen LogP contribution is 2.41. The molecule has 3 aromatic rings. The minimum Gasteiger partial charge on any atom is -0.387 e. The van der Waals surface area contributed by atoms with Crippen molar-refractivity contribution >= 4 is 17.9 Å². The highest BCUT2D eigenvalue weighted by atomic mass is 31.2. The van der Waals surface area contributed by atoms with Gasteiger partial charge in [-0.25, -0.2) is 0 Å². The number of rotatable bonds is 7. The van der Waals surface area contributed by atoms with Gasteiger partial charge >= 0.3 is 0 Å². The third-order valence-corrected chi connectivity index (χ3v) is 7.48. The first-order chi connectivity index (χ1) is 13.0. The Labute approximate surface area is 161 Å². The Morgan fingerprint density at radius 1 is 0.741 bits per heavy atom. The van der Waals surface area contributed by atoms with Crippen LogP contribution in [0.5, 0.6) is 0 Å². The fraction of sp³-hybridized carbons (Fsp3) is 0.217.